The smallest absolute Gasteiger partial charge is 0.336 e. The molecule has 0 aromatic heterocycles. The van der Waals surface area contributed by atoms with E-state index in [4.69, 9.17) is 5.11 Å². The zero-order valence-electron chi connectivity index (χ0n) is 10.6. The van der Waals surface area contributed by atoms with Gasteiger partial charge in [0, 0.05) is 16.0 Å². The Bertz CT molecular complexity index is 751. The van der Waals surface area contributed by atoms with Crippen molar-refractivity contribution in [2.75, 3.05) is 6.26 Å². The number of sulfone groups is 1. The minimum absolute atomic E-state index is 0.154. The summed E-state index contributed by atoms with van der Waals surface area (Å²) in [5.41, 5.74) is 0.154. The van der Waals surface area contributed by atoms with Gasteiger partial charge in [-0.3, -0.25) is 0 Å². The van der Waals surface area contributed by atoms with Gasteiger partial charge < -0.3 is 5.11 Å². The normalized spacial score (nSPS) is 11.2. The molecule has 0 spiro atoms. The standard InChI is InChI=1S/C14H12O4S2/c1-20(17,18)13-9-5-4-8-12(13)19-11-7-3-2-6-10(11)14(15)16/h2-9H,1H3,(H,15,16). The van der Waals surface area contributed by atoms with E-state index in [-0.39, 0.29) is 10.5 Å². The molecular formula is C14H12O4S2. The number of carbonyl (C=O) groups is 1. The van der Waals surface area contributed by atoms with Gasteiger partial charge in [0.05, 0.1) is 10.5 Å². The highest BCUT2D eigenvalue weighted by Crippen LogP contribution is 2.34. The van der Waals surface area contributed by atoms with Crippen LogP contribution in [-0.4, -0.2) is 25.7 Å². The van der Waals surface area contributed by atoms with Crippen LogP contribution in [0.15, 0.2) is 63.2 Å². The summed E-state index contributed by atoms with van der Waals surface area (Å²) in [7, 11) is -3.35. The Hall–Kier alpha value is -1.79. The Morgan fingerprint density at radius 1 is 1.00 bits per heavy atom. The Morgan fingerprint density at radius 3 is 2.15 bits per heavy atom. The van der Waals surface area contributed by atoms with E-state index in [1.165, 1.54) is 12.1 Å². The minimum atomic E-state index is -3.35. The number of aromatic carboxylic acids is 1. The van der Waals surface area contributed by atoms with E-state index < -0.39 is 15.8 Å². The quantitative estimate of drug-likeness (QED) is 0.940. The van der Waals surface area contributed by atoms with E-state index in [1.54, 1.807) is 36.4 Å². The van der Waals surface area contributed by atoms with Crippen LogP contribution in [-0.2, 0) is 9.84 Å². The molecule has 0 amide bonds. The van der Waals surface area contributed by atoms with E-state index >= 15 is 0 Å². The molecule has 0 radical (unpaired) electrons. The second-order valence-corrected chi connectivity index (χ2v) is 7.19. The maximum Gasteiger partial charge on any atom is 0.336 e. The van der Waals surface area contributed by atoms with Crippen molar-refractivity contribution >= 4 is 27.6 Å². The van der Waals surface area contributed by atoms with Crippen LogP contribution in [0.4, 0.5) is 0 Å². The summed E-state index contributed by atoms with van der Waals surface area (Å²) in [6.45, 7) is 0. The van der Waals surface area contributed by atoms with Crippen LogP contribution < -0.4 is 0 Å². The molecule has 20 heavy (non-hydrogen) atoms. The molecule has 0 fully saturated rings. The molecule has 0 aliphatic carbocycles. The van der Waals surface area contributed by atoms with Gasteiger partial charge in [0.1, 0.15) is 0 Å². The van der Waals surface area contributed by atoms with E-state index in [0.29, 0.717) is 9.79 Å². The fourth-order valence-corrected chi connectivity index (χ4v) is 3.99. The lowest BCUT2D eigenvalue weighted by Crippen LogP contribution is -2.01. The average Bonchev–Trinajstić information content (AvgIpc) is 2.38. The Morgan fingerprint density at radius 2 is 1.55 bits per heavy atom. The monoisotopic (exact) mass is 308 g/mol. The van der Waals surface area contributed by atoms with Crippen LogP contribution >= 0.6 is 11.8 Å². The Balaban J connectivity index is 2.49. The number of carboxylic acids is 1. The predicted octanol–water partition coefficient (Wildman–Crippen LogP) is 2.94. The molecule has 2 rings (SSSR count). The highest BCUT2D eigenvalue weighted by Gasteiger charge is 2.16. The van der Waals surface area contributed by atoms with E-state index in [9.17, 15) is 13.2 Å². The third kappa shape index (κ3) is 3.20. The van der Waals surface area contributed by atoms with Crippen molar-refractivity contribution in [3.05, 3.63) is 54.1 Å². The molecule has 4 nitrogen and oxygen atoms in total. The van der Waals surface area contributed by atoms with Crippen LogP contribution in [0.25, 0.3) is 0 Å². The molecular weight excluding hydrogens is 296 g/mol. The zero-order chi connectivity index (χ0) is 14.8. The van der Waals surface area contributed by atoms with Gasteiger partial charge in [-0.2, -0.15) is 0 Å². The van der Waals surface area contributed by atoms with Gasteiger partial charge in [-0.05, 0) is 24.3 Å². The zero-order valence-corrected chi connectivity index (χ0v) is 12.2. The lowest BCUT2D eigenvalue weighted by molar-refractivity contribution is 0.0693. The van der Waals surface area contributed by atoms with Gasteiger partial charge in [-0.25, -0.2) is 13.2 Å². The average molecular weight is 308 g/mol. The van der Waals surface area contributed by atoms with Crippen molar-refractivity contribution in [2.24, 2.45) is 0 Å². The summed E-state index contributed by atoms with van der Waals surface area (Å²) in [6.07, 6.45) is 1.13. The number of rotatable bonds is 4. The van der Waals surface area contributed by atoms with E-state index in [2.05, 4.69) is 0 Å². The fraction of sp³-hybridized carbons (Fsp3) is 0.0714. The lowest BCUT2D eigenvalue weighted by atomic mass is 10.2. The molecule has 6 heteroatoms. The first-order valence-electron chi connectivity index (χ1n) is 5.69. The molecule has 0 heterocycles. The molecule has 0 atom stereocenters. The van der Waals surface area contributed by atoms with Gasteiger partial charge in [0.25, 0.3) is 0 Å². The first kappa shape index (κ1) is 14.6. The maximum atomic E-state index is 11.7. The predicted molar refractivity (Wildman–Crippen MR) is 77.1 cm³/mol. The molecule has 0 bridgehead atoms. The number of hydrogen-bond donors (Lipinski definition) is 1. The molecule has 0 aliphatic rings. The topological polar surface area (TPSA) is 71.4 Å². The van der Waals surface area contributed by atoms with Crippen molar-refractivity contribution in [3.8, 4) is 0 Å². The molecule has 2 aromatic carbocycles. The first-order chi connectivity index (χ1) is 9.39. The Labute approximate surface area is 121 Å². The molecule has 0 aliphatic heterocycles. The maximum absolute atomic E-state index is 11.7. The van der Waals surface area contributed by atoms with Crippen LogP contribution in [0.3, 0.4) is 0 Å². The summed E-state index contributed by atoms with van der Waals surface area (Å²) in [5.74, 6) is -1.04. The van der Waals surface area contributed by atoms with E-state index in [1.807, 2.05) is 0 Å². The number of carboxylic acid groups (broad SMARTS) is 1. The molecule has 0 unspecified atom stereocenters. The molecule has 0 saturated heterocycles. The second-order valence-electron chi connectivity index (χ2n) is 4.12. The largest absolute Gasteiger partial charge is 0.478 e. The van der Waals surface area contributed by atoms with Crippen molar-refractivity contribution in [1.82, 2.24) is 0 Å². The van der Waals surface area contributed by atoms with Crippen LogP contribution in [0.2, 0.25) is 0 Å². The van der Waals surface area contributed by atoms with Crippen LogP contribution in [0, 0.1) is 0 Å². The Kier molecular flexibility index (Phi) is 4.15. The molecule has 0 saturated carbocycles. The van der Waals surface area contributed by atoms with Gasteiger partial charge in [0.2, 0.25) is 0 Å². The van der Waals surface area contributed by atoms with Crippen LogP contribution in [0.5, 0.6) is 0 Å². The first-order valence-corrected chi connectivity index (χ1v) is 8.39. The summed E-state index contributed by atoms with van der Waals surface area (Å²) >= 11 is 1.14. The van der Waals surface area contributed by atoms with Crippen molar-refractivity contribution in [3.63, 3.8) is 0 Å². The number of benzene rings is 2. The van der Waals surface area contributed by atoms with Crippen molar-refractivity contribution in [2.45, 2.75) is 14.7 Å². The summed E-state index contributed by atoms with van der Waals surface area (Å²) in [6, 6.07) is 13.1. The fourth-order valence-electron chi connectivity index (χ4n) is 1.69. The summed E-state index contributed by atoms with van der Waals surface area (Å²) in [5, 5.41) is 9.14. The van der Waals surface area contributed by atoms with Gasteiger partial charge >= 0.3 is 5.97 Å². The van der Waals surface area contributed by atoms with Crippen molar-refractivity contribution in [1.29, 1.82) is 0 Å². The highest BCUT2D eigenvalue weighted by molar-refractivity contribution is 8.00. The summed E-state index contributed by atoms with van der Waals surface area (Å²) < 4.78 is 23.5. The highest BCUT2D eigenvalue weighted by atomic mass is 32.2. The number of hydrogen-bond acceptors (Lipinski definition) is 4. The van der Waals surface area contributed by atoms with Gasteiger partial charge in [-0.15, -0.1) is 0 Å². The second kappa shape index (κ2) is 5.68. The molecule has 2 aromatic rings. The molecule has 104 valence electrons. The van der Waals surface area contributed by atoms with Gasteiger partial charge in [0.15, 0.2) is 9.84 Å². The minimum Gasteiger partial charge on any atom is -0.478 e. The van der Waals surface area contributed by atoms with E-state index in [0.717, 1.165) is 18.0 Å². The third-order valence-electron chi connectivity index (χ3n) is 2.59. The SMILES string of the molecule is CS(=O)(=O)c1ccccc1Sc1ccccc1C(=O)O. The lowest BCUT2D eigenvalue weighted by Gasteiger charge is -2.09. The summed E-state index contributed by atoms with van der Waals surface area (Å²) in [4.78, 5) is 12.4. The van der Waals surface area contributed by atoms with Crippen molar-refractivity contribution < 1.29 is 18.3 Å². The third-order valence-corrected chi connectivity index (χ3v) is 5.02. The molecule has 1 N–H and O–H groups in total. The van der Waals surface area contributed by atoms with Gasteiger partial charge in [-0.1, -0.05) is 36.0 Å². The van der Waals surface area contributed by atoms with Crippen LogP contribution in [0.1, 0.15) is 10.4 Å².